The number of amides is 2. The van der Waals surface area contributed by atoms with E-state index < -0.39 is 17.9 Å². The monoisotopic (exact) mass is 391 g/mol. The molecule has 5 nitrogen and oxygen atoms in total. The van der Waals surface area contributed by atoms with Gasteiger partial charge in [0.05, 0.1) is 6.04 Å². The number of hydrogen-bond acceptors (Lipinski definition) is 5. The number of ketones is 1. The van der Waals surface area contributed by atoms with Gasteiger partial charge >= 0.3 is 0 Å². The van der Waals surface area contributed by atoms with Crippen LogP contribution in [0.15, 0.2) is 11.3 Å². The number of imide groups is 1. The van der Waals surface area contributed by atoms with Crippen LogP contribution in [0.4, 0.5) is 0 Å². The van der Waals surface area contributed by atoms with Crippen LogP contribution in [-0.4, -0.2) is 45.7 Å². The highest BCUT2D eigenvalue weighted by atomic mass is 32.2. The van der Waals surface area contributed by atoms with E-state index in [1.165, 1.54) is 26.2 Å². The molecule has 5 rings (SSSR count). The molecule has 4 fully saturated rings. The van der Waals surface area contributed by atoms with E-state index in [2.05, 4.69) is 0 Å². The highest BCUT2D eigenvalue weighted by molar-refractivity contribution is 7.98. The summed E-state index contributed by atoms with van der Waals surface area (Å²) < 4.78 is 0. The van der Waals surface area contributed by atoms with E-state index >= 15 is 0 Å². The summed E-state index contributed by atoms with van der Waals surface area (Å²) in [4.78, 5) is 39.1. The van der Waals surface area contributed by atoms with Gasteiger partial charge in [0.15, 0.2) is 5.78 Å². The molecule has 27 heavy (non-hydrogen) atoms. The molecule has 0 aromatic rings. The van der Waals surface area contributed by atoms with Crippen molar-refractivity contribution in [1.82, 2.24) is 4.90 Å². The molecule has 1 heterocycles. The van der Waals surface area contributed by atoms with Crippen molar-refractivity contribution in [1.29, 1.82) is 0 Å². The number of aliphatic hydroxyl groups is 1. The largest absolute Gasteiger partial charge is 0.509 e. The molecular weight excluding hydrogens is 362 g/mol. The zero-order valence-corrected chi connectivity index (χ0v) is 17.0. The fourth-order valence-corrected chi connectivity index (χ4v) is 7.17. The Hall–Kier alpha value is -1.30. The number of Topliss-reactive ketones (excluding diaryl/α,β-unsaturated/α-hetero) is 1. The van der Waals surface area contributed by atoms with Crippen LogP contribution in [0.5, 0.6) is 0 Å². The maximum Gasteiger partial charge on any atom is 0.268 e. The average molecular weight is 392 g/mol. The van der Waals surface area contributed by atoms with Crippen LogP contribution >= 0.6 is 11.8 Å². The number of carbonyl (C=O) groups is 3. The highest BCUT2D eigenvalue weighted by Gasteiger charge is 2.53. The van der Waals surface area contributed by atoms with E-state index in [-0.39, 0.29) is 22.5 Å². The zero-order valence-electron chi connectivity index (χ0n) is 16.2. The molecular formula is C21H29NO4S. The normalized spacial score (nSPS) is 37.4. The van der Waals surface area contributed by atoms with Gasteiger partial charge in [-0.1, -0.05) is 0 Å². The topological polar surface area (TPSA) is 74.7 Å². The molecule has 0 saturated heterocycles. The molecule has 0 aromatic carbocycles. The number of aliphatic hydroxyl groups excluding tert-OH is 1. The molecule has 2 amide bonds. The number of thioether (sulfide) groups is 1. The van der Waals surface area contributed by atoms with Crippen LogP contribution in [0.1, 0.15) is 58.3 Å². The van der Waals surface area contributed by atoms with Crippen molar-refractivity contribution in [3.05, 3.63) is 11.3 Å². The van der Waals surface area contributed by atoms with Crippen molar-refractivity contribution >= 4 is 29.4 Å². The fraction of sp³-hybridized carbons (Fsp3) is 0.762. The van der Waals surface area contributed by atoms with Crippen LogP contribution < -0.4 is 0 Å². The van der Waals surface area contributed by atoms with Gasteiger partial charge in [0.25, 0.3) is 5.91 Å². The zero-order chi connectivity index (χ0) is 19.3. The second-order valence-corrected chi connectivity index (χ2v) is 10.3. The summed E-state index contributed by atoms with van der Waals surface area (Å²) in [5.41, 5.74) is -0.107. The van der Waals surface area contributed by atoms with Crippen molar-refractivity contribution in [2.75, 3.05) is 12.0 Å². The van der Waals surface area contributed by atoms with Crippen LogP contribution in [0, 0.1) is 23.2 Å². The van der Waals surface area contributed by atoms with Gasteiger partial charge < -0.3 is 5.11 Å². The van der Waals surface area contributed by atoms with Crippen molar-refractivity contribution in [2.24, 2.45) is 23.2 Å². The standard InChI is InChI=1S/C21H29NO4S/c1-12(23)22-16(3-4-27-2)19(25)18(20(22)26)17(24)11-21-8-13-5-14(9-21)7-15(6-13)10-21/h13-16,25H,3-11H2,1-2H3. The number of hydrogen-bond donors (Lipinski definition) is 1. The average Bonchev–Trinajstić information content (AvgIpc) is 2.81. The predicted molar refractivity (Wildman–Crippen MR) is 104 cm³/mol. The van der Waals surface area contributed by atoms with Gasteiger partial charge in [0.2, 0.25) is 5.91 Å². The molecule has 4 saturated carbocycles. The van der Waals surface area contributed by atoms with Crippen molar-refractivity contribution in [3.63, 3.8) is 0 Å². The van der Waals surface area contributed by atoms with Gasteiger partial charge in [-0.15, -0.1) is 0 Å². The van der Waals surface area contributed by atoms with Crippen LogP contribution in [0.3, 0.4) is 0 Å². The molecule has 1 aliphatic heterocycles. The minimum atomic E-state index is -0.683. The van der Waals surface area contributed by atoms with E-state index in [4.69, 9.17) is 0 Å². The lowest BCUT2D eigenvalue weighted by Gasteiger charge is -2.56. The molecule has 0 spiro atoms. The van der Waals surface area contributed by atoms with Gasteiger partial charge in [-0.25, -0.2) is 0 Å². The molecule has 1 N–H and O–H groups in total. The smallest absolute Gasteiger partial charge is 0.268 e. The first-order valence-electron chi connectivity index (χ1n) is 10.1. The first-order valence-corrected chi connectivity index (χ1v) is 11.5. The van der Waals surface area contributed by atoms with Gasteiger partial charge in [0.1, 0.15) is 11.3 Å². The Morgan fingerprint density at radius 3 is 2.19 bits per heavy atom. The Labute approximate surface area is 164 Å². The summed E-state index contributed by atoms with van der Waals surface area (Å²) in [7, 11) is 0. The second kappa shape index (κ2) is 6.94. The minimum absolute atomic E-state index is 0.0117. The molecule has 1 unspecified atom stereocenters. The molecule has 1 atom stereocenters. The van der Waals surface area contributed by atoms with Crippen LogP contribution in [0.2, 0.25) is 0 Å². The first kappa shape index (κ1) is 19.0. The third kappa shape index (κ3) is 3.24. The summed E-state index contributed by atoms with van der Waals surface area (Å²) in [6.45, 7) is 1.32. The van der Waals surface area contributed by atoms with Crippen molar-refractivity contribution < 1.29 is 19.5 Å². The Bertz CT molecular complexity index is 678. The van der Waals surface area contributed by atoms with Crippen LogP contribution in [-0.2, 0) is 14.4 Å². The number of rotatable bonds is 6. The predicted octanol–water partition coefficient (Wildman–Crippen LogP) is 3.48. The summed E-state index contributed by atoms with van der Waals surface area (Å²) >= 11 is 1.59. The van der Waals surface area contributed by atoms with Gasteiger partial charge in [-0.2, -0.15) is 11.8 Å². The number of nitrogens with zero attached hydrogens (tertiary/aromatic N) is 1. The van der Waals surface area contributed by atoms with Gasteiger partial charge in [-0.3, -0.25) is 19.3 Å². The van der Waals surface area contributed by atoms with Gasteiger partial charge in [0, 0.05) is 13.3 Å². The molecule has 0 radical (unpaired) electrons. The van der Waals surface area contributed by atoms with Crippen molar-refractivity contribution in [3.8, 4) is 0 Å². The Balaban J connectivity index is 1.56. The quantitative estimate of drug-likeness (QED) is 0.702. The summed E-state index contributed by atoms with van der Waals surface area (Å²) in [6.07, 6.45) is 9.92. The molecule has 6 heteroatoms. The third-order valence-corrected chi connectivity index (χ3v) is 7.87. The first-order chi connectivity index (χ1) is 12.8. The Morgan fingerprint density at radius 1 is 1.15 bits per heavy atom. The maximum absolute atomic E-state index is 13.2. The lowest BCUT2D eigenvalue weighted by atomic mass is 9.48. The van der Waals surface area contributed by atoms with E-state index in [9.17, 15) is 19.5 Å². The lowest BCUT2D eigenvalue weighted by Crippen LogP contribution is -2.47. The highest BCUT2D eigenvalue weighted by Crippen LogP contribution is 2.61. The maximum atomic E-state index is 13.2. The van der Waals surface area contributed by atoms with E-state index in [0.29, 0.717) is 18.6 Å². The third-order valence-electron chi connectivity index (χ3n) is 7.23. The summed E-state index contributed by atoms with van der Waals surface area (Å²) in [6, 6.07) is -0.683. The fourth-order valence-electron chi connectivity index (χ4n) is 6.72. The Morgan fingerprint density at radius 2 is 1.70 bits per heavy atom. The van der Waals surface area contributed by atoms with E-state index in [1.807, 2.05) is 6.26 Å². The second-order valence-electron chi connectivity index (χ2n) is 9.27. The lowest BCUT2D eigenvalue weighted by molar-refractivity contribution is -0.142. The van der Waals surface area contributed by atoms with E-state index in [0.717, 1.165) is 41.9 Å². The van der Waals surface area contributed by atoms with Crippen LogP contribution in [0.25, 0.3) is 0 Å². The number of carbonyl (C=O) groups excluding carboxylic acids is 3. The molecule has 0 aromatic heterocycles. The molecule has 4 bridgehead atoms. The summed E-state index contributed by atoms with van der Waals surface area (Å²) in [5.74, 6) is 1.46. The van der Waals surface area contributed by atoms with Crippen molar-refractivity contribution in [2.45, 2.75) is 64.3 Å². The molecule has 4 aliphatic carbocycles. The minimum Gasteiger partial charge on any atom is -0.509 e. The van der Waals surface area contributed by atoms with Gasteiger partial charge in [-0.05, 0) is 80.1 Å². The SMILES string of the molecule is CSCCC1C(O)=C(C(=O)CC23CC4CC(CC(C4)C2)C3)C(=O)N1C(C)=O. The molecule has 148 valence electrons. The molecule has 5 aliphatic rings. The summed E-state index contributed by atoms with van der Waals surface area (Å²) in [5, 5.41) is 10.7. The Kier molecular flexibility index (Phi) is 4.90. The van der Waals surface area contributed by atoms with E-state index in [1.54, 1.807) is 11.8 Å².